The highest BCUT2D eigenvalue weighted by Crippen LogP contribution is 2.49. The van der Waals surface area contributed by atoms with Crippen LogP contribution in [0.3, 0.4) is 0 Å². The van der Waals surface area contributed by atoms with E-state index in [1.165, 1.54) is 18.2 Å². The van der Waals surface area contributed by atoms with E-state index in [9.17, 15) is 13.2 Å². The topological polar surface area (TPSA) is 60.0 Å². The average Bonchev–Trinajstić information content (AvgIpc) is 3.01. The van der Waals surface area contributed by atoms with Crippen LogP contribution in [0.15, 0.2) is 58.5 Å². The van der Waals surface area contributed by atoms with E-state index in [2.05, 4.69) is 30.9 Å². The number of allylic oxidation sites excluding steroid dienone is 1. The first kappa shape index (κ1) is 19.2. The summed E-state index contributed by atoms with van der Waals surface area (Å²) in [4.78, 5) is 0. The standard InChI is InChI=1S/C19H19BrF3N4O/c20-18(9-2-1-3-10-18)27-12-14(24)7-8-16(27)25-26-17(27)13-5-4-6-15(11-13)28-19(21,22)23/h4-8,11-12H,1-3,9-10,24H2/q+1. The molecule has 28 heavy (non-hydrogen) atoms. The number of alkyl halides is 4. The number of hydrogen-bond acceptors (Lipinski definition) is 4. The van der Waals surface area contributed by atoms with Gasteiger partial charge in [0.15, 0.2) is 4.45 Å². The molecule has 1 aromatic carbocycles. The van der Waals surface area contributed by atoms with Gasteiger partial charge < -0.3 is 10.5 Å². The molecule has 148 valence electrons. The molecule has 4 rings (SSSR count). The first-order valence-electron chi connectivity index (χ1n) is 9.01. The normalized spacial score (nSPS) is 26.2. The Kier molecular flexibility index (Phi) is 4.62. The lowest BCUT2D eigenvalue weighted by molar-refractivity contribution is -0.731. The molecule has 1 fully saturated rings. The number of halogens is 4. The van der Waals surface area contributed by atoms with Gasteiger partial charge in [0.1, 0.15) is 11.9 Å². The fraction of sp³-hybridized carbons (Fsp3) is 0.368. The number of benzene rings is 1. The first-order chi connectivity index (χ1) is 13.2. The van der Waals surface area contributed by atoms with Gasteiger partial charge >= 0.3 is 6.36 Å². The molecule has 2 heterocycles. The van der Waals surface area contributed by atoms with E-state index in [1.807, 2.05) is 12.3 Å². The van der Waals surface area contributed by atoms with Gasteiger partial charge in [0.25, 0.3) is 11.7 Å². The molecule has 9 heteroatoms. The molecule has 1 unspecified atom stereocenters. The summed E-state index contributed by atoms with van der Waals surface area (Å²) < 4.78 is 41.8. The van der Waals surface area contributed by atoms with Crippen LogP contribution in [0.1, 0.15) is 37.7 Å². The van der Waals surface area contributed by atoms with E-state index in [0.717, 1.165) is 32.1 Å². The molecule has 1 saturated carbocycles. The number of quaternary nitrogens is 1. The molecule has 3 aliphatic rings. The van der Waals surface area contributed by atoms with Crippen molar-refractivity contribution in [2.45, 2.75) is 42.9 Å². The lowest BCUT2D eigenvalue weighted by Crippen LogP contribution is -2.64. The van der Waals surface area contributed by atoms with E-state index in [-0.39, 0.29) is 10.2 Å². The predicted octanol–water partition coefficient (Wildman–Crippen LogP) is 4.90. The Morgan fingerprint density at radius 3 is 2.57 bits per heavy atom. The van der Waals surface area contributed by atoms with Gasteiger partial charge in [-0.1, -0.05) is 22.7 Å². The summed E-state index contributed by atoms with van der Waals surface area (Å²) in [5, 5.41) is 8.72. The Bertz CT molecular complexity index is 916. The number of hydrogen-bond donors (Lipinski definition) is 1. The van der Waals surface area contributed by atoms with E-state index in [4.69, 9.17) is 5.73 Å². The van der Waals surface area contributed by atoms with Crippen molar-refractivity contribution in [1.29, 1.82) is 0 Å². The molecule has 0 bridgehead atoms. The summed E-state index contributed by atoms with van der Waals surface area (Å²) in [6, 6.07) is 5.83. The molecule has 0 saturated heterocycles. The van der Waals surface area contributed by atoms with Crippen LogP contribution in [0.25, 0.3) is 0 Å². The van der Waals surface area contributed by atoms with Crippen molar-refractivity contribution in [1.82, 2.24) is 0 Å². The second-order valence-electron chi connectivity index (χ2n) is 7.12. The van der Waals surface area contributed by atoms with Gasteiger partial charge in [0.2, 0.25) is 0 Å². The second-order valence-corrected chi connectivity index (χ2v) is 8.60. The zero-order valence-corrected chi connectivity index (χ0v) is 16.5. The van der Waals surface area contributed by atoms with Crippen LogP contribution < -0.4 is 10.5 Å². The Hall–Kier alpha value is -2.13. The molecule has 1 aliphatic carbocycles. The molecule has 0 spiro atoms. The summed E-state index contributed by atoms with van der Waals surface area (Å²) >= 11 is 3.95. The summed E-state index contributed by atoms with van der Waals surface area (Å²) in [6.45, 7) is 0. The average molecular weight is 456 g/mol. The lowest BCUT2D eigenvalue weighted by Gasteiger charge is -2.47. The van der Waals surface area contributed by atoms with Gasteiger partial charge in [-0.3, -0.25) is 0 Å². The molecule has 1 atom stereocenters. The van der Waals surface area contributed by atoms with Crippen LogP contribution in [0.5, 0.6) is 5.75 Å². The lowest BCUT2D eigenvalue weighted by atomic mass is 9.90. The third-order valence-electron chi connectivity index (χ3n) is 5.29. The van der Waals surface area contributed by atoms with Crippen molar-refractivity contribution in [2.24, 2.45) is 15.9 Å². The van der Waals surface area contributed by atoms with Crippen molar-refractivity contribution >= 4 is 27.6 Å². The smallest absolute Gasteiger partial charge is 0.406 e. The molecule has 0 aromatic heterocycles. The molecule has 0 amide bonds. The zero-order chi connectivity index (χ0) is 20.0. The minimum Gasteiger partial charge on any atom is -0.406 e. The summed E-state index contributed by atoms with van der Waals surface area (Å²) in [5.41, 5.74) is 7.21. The Balaban J connectivity index is 1.81. The van der Waals surface area contributed by atoms with Crippen molar-refractivity contribution in [3.05, 3.63) is 53.9 Å². The summed E-state index contributed by atoms with van der Waals surface area (Å²) in [5.74, 6) is 0.912. The largest absolute Gasteiger partial charge is 0.573 e. The number of rotatable bonds is 3. The van der Waals surface area contributed by atoms with E-state index >= 15 is 0 Å². The van der Waals surface area contributed by atoms with Gasteiger partial charge in [-0.2, -0.15) is 4.48 Å². The number of fused-ring (bicyclic) bond motifs is 1. The quantitative estimate of drug-likeness (QED) is 0.400. The van der Waals surface area contributed by atoms with Gasteiger partial charge in [0.05, 0.1) is 11.3 Å². The van der Waals surface area contributed by atoms with Crippen LogP contribution in [0.4, 0.5) is 13.2 Å². The molecule has 5 nitrogen and oxygen atoms in total. The van der Waals surface area contributed by atoms with E-state index < -0.39 is 10.8 Å². The molecular weight excluding hydrogens is 437 g/mol. The minimum absolute atomic E-state index is 0.144. The molecule has 1 aromatic rings. The number of nitrogens with zero attached hydrogens (tertiary/aromatic N) is 3. The van der Waals surface area contributed by atoms with Crippen molar-refractivity contribution < 1.29 is 22.4 Å². The summed E-state index contributed by atoms with van der Waals surface area (Å²) in [7, 11) is 0. The molecule has 2 aliphatic heterocycles. The summed E-state index contributed by atoms with van der Waals surface area (Å²) in [6.07, 6.45) is 5.61. The van der Waals surface area contributed by atoms with Crippen LogP contribution in [-0.4, -0.2) is 27.0 Å². The zero-order valence-electron chi connectivity index (χ0n) is 14.9. The van der Waals surface area contributed by atoms with Crippen LogP contribution in [0.2, 0.25) is 0 Å². The third-order valence-corrected chi connectivity index (χ3v) is 6.64. The highest BCUT2D eigenvalue weighted by Gasteiger charge is 2.59. The van der Waals surface area contributed by atoms with Gasteiger partial charge in [-0.25, -0.2) is 0 Å². The van der Waals surface area contributed by atoms with Crippen molar-refractivity contribution in [2.75, 3.05) is 0 Å². The second kappa shape index (κ2) is 6.73. The SMILES string of the molecule is NC1=C[N+]2(C3(Br)CCCCC3)C(=NN=C2c2cccc(OC(F)(F)F)c2)C=C1. The molecular formula is C19H19BrF3N4O+. The van der Waals surface area contributed by atoms with Crippen molar-refractivity contribution in [3.63, 3.8) is 0 Å². The highest BCUT2D eigenvalue weighted by molar-refractivity contribution is 9.10. The third kappa shape index (κ3) is 3.16. The predicted molar refractivity (Wildman–Crippen MR) is 104 cm³/mol. The maximum Gasteiger partial charge on any atom is 0.573 e. The fourth-order valence-corrected chi connectivity index (χ4v) is 5.13. The maximum atomic E-state index is 12.7. The first-order valence-corrected chi connectivity index (χ1v) is 9.80. The van der Waals surface area contributed by atoms with Gasteiger partial charge in [-0.05, 0) is 53.0 Å². The van der Waals surface area contributed by atoms with Crippen LogP contribution in [0, 0.1) is 0 Å². The number of amidine groups is 2. The minimum atomic E-state index is -4.76. The molecule has 0 radical (unpaired) electrons. The number of nitrogens with two attached hydrogens (primary N) is 1. The Morgan fingerprint density at radius 2 is 1.86 bits per heavy atom. The Labute approximate surface area is 168 Å². The van der Waals surface area contributed by atoms with Crippen LogP contribution >= 0.6 is 15.9 Å². The Morgan fingerprint density at radius 1 is 1.11 bits per heavy atom. The van der Waals surface area contributed by atoms with E-state index in [0.29, 0.717) is 22.9 Å². The monoisotopic (exact) mass is 455 g/mol. The van der Waals surface area contributed by atoms with Gasteiger partial charge in [-0.15, -0.1) is 13.2 Å². The van der Waals surface area contributed by atoms with Crippen LogP contribution in [-0.2, 0) is 0 Å². The van der Waals surface area contributed by atoms with E-state index in [1.54, 1.807) is 12.1 Å². The maximum absolute atomic E-state index is 12.7. The molecule has 2 N–H and O–H groups in total. The highest BCUT2D eigenvalue weighted by atomic mass is 79.9. The van der Waals surface area contributed by atoms with Gasteiger partial charge in [0, 0.05) is 18.9 Å². The fourth-order valence-electron chi connectivity index (χ4n) is 4.11. The number of ether oxygens (including phenoxy) is 1. The van der Waals surface area contributed by atoms with Crippen molar-refractivity contribution in [3.8, 4) is 5.75 Å².